The predicted molar refractivity (Wildman–Crippen MR) is 76.7 cm³/mol. The zero-order valence-electron chi connectivity index (χ0n) is 12.5. The van der Waals surface area contributed by atoms with Gasteiger partial charge in [-0.15, -0.1) is 0 Å². The van der Waals surface area contributed by atoms with Crippen molar-refractivity contribution in [2.24, 2.45) is 0 Å². The van der Waals surface area contributed by atoms with Crippen LogP contribution in [0.5, 0.6) is 0 Å². The van der Waals surface area contributed by atoms with Crippen LogP contribution in [0.3, 0.4) is 0 Å². The summed E-state index contributed by atoms with van der Waals surface area (Å²) < 4.78 is 92.7. The Bertz CT molecular complexity index is 903. The van der Waals surface area contributed by atoms with Gasteiger partial charge in [-0.05, 0) is 18.6 Å². The lowest BCUT2D eigenvalue weighted by Crippen LogP contribution is -2.33. The van der Waals surface area contributed by atoms with Gasteiger partial charge in [-0.3, -0.25) is 0 Å². The number of aliphatic hydroxyl groups is 1. The average Bonchev–Trinajstić information content (AvgIpc) is 2.93. The molecule has 1 heterocycles. The Morgan fingerprint density at radius 3 is 2.32 bits per heavy atom. The molecule has 25 heavy (non-hydrogen) atoms. The fourth-order valence-electron chi connectivity index (χ4n) is 2.87. The van der Waals surface area contributed by atoms with Crippen molar-refractivity contribution < 1.29 is 35.5 Å². The molecular weight excluding hydrogens is 369 g/mol. The van der Waals surface area contributed by atoms with Crippen LogP contribution in [0.1, 0.15) is 29.3 Å². The van der Waals surface area contributed by atoms with E-state index < -0.39 is 57.9 Å². The van der Waals surface area contributed by atoms with Crippen LogP contribution in [0.15, 0.2) is 41.4 Å². The standard InChI is InChI=1S/C15H12F5NO3S/c16-14(17)7-6-11-12(13(14)22)10(15(18,19)20)8-21(11)25(23,24)9-4-2-1-3-5-9/h1-5,8,13,22H,6-7H2. The third kappa shape index (κ3) is 2.82. The Hall–Kier alpha value is -1.94. The van der Waals surface area contributed by atoms with Crippen LogP contribution in [0, 0.1) is 0 Å². The van der Waals surface area contributed by atoms with Gasteiger partial charge in [-0.2, -0.15) is 13.2 Å². The Balaban J connectivity index is 2.28. The zero-order valence-corrected chi connectivity index (χ0v) is 13.3. The highest BCUT2D eigenvalue weighted by Crippen LogP contribution is 2.48. The van der Waals surface area contributed by atoms with Crippen LogP contribution in [0.25, 0.3) is 0 Å². The maximum atomic E-state index is 13.7. The SMILES string of the molecule is O=S(=O)(c1ccccc1)n1cc(C(F)(F)F)c2c1CCC(F)(F)C2O. The molecule has 0 saturated heterocycles. The van der Waals surface area contributed by atoms with E-state index in [0.717, 1.165) is 0 Å². The molecule has 136 valence electrons. The van der Waals surface area contributed by atoms with Crippen LogP contribution >= 0.6 is 0 Å². The van der Waals surface area contributed by atoms with E-state index in [1.54, 1.807) is 0 Å². The molecule has 0 amide bonds. The second kappa shape index (κ2) is 5.53. The molecule has 0 spiro atoms. The molecule has 1 aliphatic carbocycles. The molecule has 0 radical (unpaired) electrons. The molecule has 0 fully saturated rings. The smallest absolute Gasteiger partial charge is 0.382 e. The highest BCUT2D eigenvalue weighted by molar-refractivity contribution is 7.90. The molecule has 1 N–H and O–H groups in total. The van der Waals surface area contributed by atoms with Crippen LogP contribution in [0.4, 0.5) is 22.0 Å². The molecular formula is C15H12F5NO3S. The summed E-state index contributed by atoms with van der Waals surface area (Å²) in [4.78, 5) is -0.284. The number of fused-ring (bicyclic) bond motifs is 1. The van der Waals surface area contributed by atoms with E-state index in [1.165, 1.54) is 30.3 Å². The van der Waals surface area contributed by atoms with E-state index in [9.17, 15) is 35.5 Å². The highest BCUT2D eigenvalue weighted by Gasteiger charge is 2.51. The van der Waals surface area contributed by atoms with Gasteiger partial charge in [0.1, 0.15) is 6.10 Å². The molecule has 3 rings (SSSR count). The third-order valence-corrected chi connectivity index (χ3v) is 5.80. The van der Waals surface area contributed by atoms with Gasteiger partial charge < -0.3 is 5.11 Å². The van der Waals surface area contributed by atoms with Gasteiger partial charge in [0, 0.05) is 23.9 Å². The number of hydrogen-bond acceptors (Lipinski definition) is 3. The van der Waals surface area contributed by atoms with Gasteiger partial charge in [-0.25, -0.2) is 21.2 Å². The van der Waals surface area contributed by atoms with Crippen molar-refractivity contribution >= 4 is 10.0 Å². The first-order chi connectivity index (χ1) is 11.5. The van der Waals surface area contributed by atoms with Crippen LogP contribution in [-0.4, -0.2) is 23.4 Å². The maximum absolute atomic E-state index is 13.7. The van der Waals surface area contributed by atoms with Crippen molar-refractivity contribution in [1.29, 1.82) is 0 Å². The van der Waals surface area contributed by atoms with Gasteiger partial charge in [0.25, 0.3) is 15.9 Å². The van der Waals surface area contributed by atoms with Gasteiger partial charge in [0.05, 0.1) is 10.5 Å². The third-order valence-electron chi connectivity index (χ3n) is 4.09. The van der Waals surface area contributed by atoms with Crippen LogP contribution < -0.4 is 0 Å². The summed E-state index contributed by atoms with van der Waals surface area (Å²) >= 11 is 0. The topological polar surface area (TPSA) is 59.3 Å². The minimum atomic E-state index is -5.09. The number of halogens is 5. The number of nitrogens with zero attached hydrogens (tertiary/aromatic N) is 1. The number of aromatic nitrogens is 1. The Morgan fingerprint density at radius 1 is 1.16 bits per heavy atom. The fraction of sp³-hybridized carbons (Fsp3) is 0.333. The number of alkyl halides is 5. The Morgan fingerprint density at radius 2 is 1.76 bits per heavy atom. The van der Waals surface area contributed by atoms with E-state index in [1.807, 2.05) is 0 Å². The molecule has 1 aliphatic rings. The summed E-state index contributed by atoms with van der Waals surface area (Å²) in [7, 11) is -4.42. The molecule has 1 unspecified atom stereocenters. The quantitative estimate of drug-likeness (QED) is 0.812. The van der Waals surface area contributed by atoms with Crippen molar-refractivity contribution in [2.75, 3.05) is 0 Å². The summed E-state index contributed by atoms with van der Waals surface area (Å²) in [6.07, 6.45) is -9.11. The molecule has 4 nitrogen and oxygen atoms in total. The molecule has 1 aromatic carbocycles. The van der Waals surface area contributed by atoms with Crippen molar-refractivity contribution in [3.05, 3.63) is 53.3 Å². The summed E-state index contributed by atoms with van der Waals surface area (Å²) in [5.41, 5.74) is -3.13. The second-order valence-electron chi connectivity index (χ2n) is 5.68. The highest BCUT2D eigenvalue weighted by atomic mass is 32.2. The molecule has 2 aromatic rings. The van der Waals surface area contributed by atoms with Gasteiger partial charge in [0.2, 0.25) is 0 Å². The molecule has 0 bridgehead atoms. The average molecular weight is 381 g/mol. The van der Waals surface area contributed by atoms with Gasteiger partial charge in [0.15, 0.2) is 0 Å². The lowest BCUT2D eigenvalue weighted by atomic mass is 9.89. The number of aliphatic hydroxyl groups excluding tert-OH is 1. The van der Waals surface area contributed by atoms with E-state index in [4.69, 9.17) is 0 Å². The molecule has 0 saturated carbocycles. The lowest BCUT2D eigenvalue weighted by molar-refractivity contribution is -0.147. The van der Waals surface area contributed by atoms with Crippen molar-refractivity contribution in [3.63, 3.8) is 0 Å². The first-order valence-electron chi connectivity index (χ1n) is 7.14. The zero-order chi connectivity index (χ0) is 18.6. The summed E-state index contributed by atoms with van der Waals surface area (Å²) in [6, 6.07) is 6.66. The molecule has 1 atom stereocenters. The van der Waals surface area contributed by atoms with Gasteiger partial charge >= 0.3 is 6.18 Å². The van der Waals surface area contributed by atoms with E-state index >= 15 is 0 Å². The predicted octanol–water partition coefficient (Wildman–Crippen LogP) is 3.36. The summed E-state index contributed by atoms with van der Waals surface area (Å²) in [5.74, 6) is -3.77. The van der Waals surface area contributed by atoms with Crippen molar-refractivity contribution in [3.8, 4) is 0 Å². The Kier molecular flexibility index (Phi) is 3.95. The number of rotatable bonds is 2. The molecule has 10 heteroatoms. The lowest BCUT2D eigenvalue weighted by Gasteiger charge is -2.29. The maximum Gasteiger partial charge on any atom is 0.418 e. The van der Waals surface area contributed by atoms with E-state index in [-0.39, 0.29) is 11.1 Å². The monoisotopic (exact) mass is 381 g/mol. The van der Waals surface area contributed by atoms with Gasteiger partial charge in [-0.1, -0.05) is 18.2 Å². The van der Waals surface area contributed by atoms with Crippen molar-refractivity contribution in [1.82, 2.24) is 3.97 Å². The number of hydrogen-bond donors (Lipinski definition) is 1. The van der Waals surface area contributed by atoms with E-state index in [0.29, 0.717) is 3.97 Å². The van der Waals surface area contributed by atoms with Crippen LogP contribution in [0.2, 0.25) is 0 Å². The normalized spacial score (nSPS) is 20.3. The molecule has 0 aliphatic heterocycles. The second-order valence-corrected chi connectivity index (χ2v) is 7.49. The van der Waals surface area contributed by atoms with E-state index in [2.05, 4.69) is 0 Å². The first kappa shape index (κ1) is 17.9. The fourth-order valence-corrected chi connectivity index (χ4v) is 4.32. The first-order valence-corrected chi connectivity index (χ1v) is 8.58. The summed E-state index contributed by atoms with van der Waals surface area (Å²) in [6.45, 7) is 0. The minimum absolute atomic E-state index is 0.262. The number of benzene rings is 1. The Labute approximate surface area is 139 Å². The van der Waals surface area contributed by atoms with Crippen molar-refractivity contribution in [2.45, 2.75) is 35.9 Å². The largest absolute Gasteiger partial charge is 0.418 e. The van der Waals surface area contributed by atoms with Crippen LogP contribution in [-0.2, 0) is 22.6 Å². The molecule has 1 aromatic heterocycles. The minimum Gasteiger partial charge on any atom is -0.382 e. The summed E-state index contributed by atoms with van der Waals surface area (Å²) in [5, 5.41) is 9.72.